The van der Waals surface area contributed by atoms with Crippen LogP contribution in [0.5, 0.6) is 0 Å². The summed E-state index contributed by atoms with van der Waals surface area (Å²) in [5, 5.41) is 12.2. The van der Waals surface area contributed by atoms with Crippen molar-refractivity contribution in [1.82, 2.24) is 14.9 Å². The number of hydrogen-bond acceptors (Lipinski definition) is 5. The topological polar surface area (TPSA) is 71.8 Å². The van der Waals surface area contributed by atoms with Crippen LogP contribution in [0.3, 0.4) is 0 Å². The lowest BCUT2D eigenvalue weighted by Crippen LogP contribution is -2.41. The number of benzene rings is 3. The fraction of sp³-hybridized carbons (Fsp3) is 0.192. The maximum absolute atomic E-state index is 13.5. The molecule has 1 amide bonds. The van der Waals surface area contributed by atoms with E-state index in [2.05, 4.69) is 59.1 Å². The first kappa shape index (κ1) is 21.3. The van der Waals surface area contributed by atoms with Gasteiger partial charge in [0.15, 0.2) is 5.82 Å². The number of aryl methyl sites for hydroxylation is 2. The van der Waals surface area contributed by atoms with Crippen molar-refractivity contribution in [3.05, 3.63) is 95.6 Å². The van der Waals surface area contributed by atoms with Crippen molar-refractivity contribution in [1.29, 1.82) is 0 Å². The van der Waals surface area contributed by atoms with Crippen LogP contribution in [0.15, 0.2) is 84.0 Å². The summed E-state index contributed by atoms with van der Waals surface area (Å²) in [4.78, 5) is 13.5. The third-order valence-electron chi connectivity index (χ3n) is 5.82. The Hall–Kier alpha value is -3.58. The molecule has 6 nitrogen and oxygen atoms in total. The van der Waals surface area contributed by atoms with Gasteiger partial charge in [0.05, 0.1) is 6.04 Å². The highest BCUT2D eigenvalue weighted by Crippen LogP contribution is 2.39. The van der Waals surface area contributed by atoms with Crippen molar-refractivity contribution in [2.75, 3.05) is 10.7 Å². The second-order valence-corrected chi connectivity index (χ2v) is 9.17. The summed E-state index contributed by atoms with van der Waals surface area (Å²) in [7, 11) is 0. The Morgan fingerprint density at radius 2 is 1.73 bits per heavy atom. The van der Waals surface area contributed by atoms with Gasteiger partial charge in [0.1, 0.15) is 5.25 Å². The fourth-order valence-electron chi connectivity index (χ4n) is 4.01. The molecule has 1 aliphatic heterocycles. The van der Waals surface area contributed by atoms with Crippen molar-refractivity contribution in [3.63, 3.8) is 0 Å². The lowest BCUT2D eigenvalue weighted by molar-refractivity contribution is -0.116. The molecule has 1 aliphatic rings. The number of rotatable bonds is 5. The van der Waals surface area contributed by atoms with Crippen LogP contribution < -0.4 is 10.7 Å². The van der Waals surface area contributed by atoms with E-state index >= 15 is 0 Å². The van der Waals surface area contributed by atoms with Crippen molar-refractivity contribution in [2.45, 2.75) is 36.7 Å². The van der Waals surface area contributed by atoms with E-state index in [4.69, 9.17) is 0 Å². The first-order valence-electron chi connectivity index (χ1n) is 11.0. The molecule has 0 aliphatic carbocycles. The first-order valence-corrected chi connectivity index (χ1v) is 11.9. The van der Waals surface area contributed by atoms with Gasteiger partial charge in [0, 0.05) is 11.3 Å². The minimum Gasteiger partial charge on any atom is -0.325 e. The van der Waals surface area contributed by atoms with Crippen molar-refractivity contribution in [2.24, 2.45) is 0 Å². The zero-order valence-corrected chi connectivity index (χ0v) is 19.3. The van der Waals surface area contributed by atoms with Crippen LogP contribution in [0, 0.1) is 6.92 Å². The van der Waals surface area contributed by atoms with E-state index in [1.54, 1.807) is 0 Å². The van der Waals surface area contributed by atoms with Gasteiger partial charge in [-0.3, -0.25) is 4.79 Å². The van der Waals surface area contributed by atoms with E-state index in [1.807, 2.05) is 59.3 Å². The Kier molecular flexibility index (Phi) is 5.88. The number of fused-ring (bicyclic) bond motifs is 1. The Balaban J connectivity index is 1.52. The molecule has 0 saturated heterocycles. The number of hydrogen-bond donors (Lipinski definition) is 2. The molecule has 0 bridgehead atoms. The normalized spacial score (nSPS) is 17.2. The number of carbonyl (C=O) groups excluding carboxylic acids is 1. The molecule has 166 valence electrons. The van der Waals surface area contributed by atoms with Crippen LogP contribution in [-0.2, 0) is 11.2 Å². The number of aromatic nitrogens is 3. The number of thioether (sulfide) groups is 1. The molecule has 0 saturated carbocycles. The van der Waals surface area contributed by atoms with E-state index in [0.717, 1.165) is 34.6 Å². The lowest BCUT2D eigenvalue weighted by atomic mass is 10.0. The maximum Gasteiger partial charge on any atom is 0.240 e. The average molecular weight is 456 g/mol. The summed E-state index contributed by atoms with van der Waals surface area (Å²) < 4.78 is 1.90. The van der Waals surface area contributed by atoms with E-state index < -0.39 is 5.25 Å². The zero-order valence-electron chi connectivity index (χ0n) is 18.5. The third-order valence-corrected chi connectivity index (χ3v) is 7.03. The van der Waals surface area contributed by atoms with E-state index in [1.165, 1.54) is 17.3 Å². The predicted molar refractivity (Wildman–Crippen MR) is 133 cm³/mol. The molecule has 0 spiro atoms. The molecular weight excluding hydrogens is 430 g/mol. The van der Waals surface area contributed by atoms with Gasteiger partial charge in [-0.25, -0.2) is 4.68 Å². The average Bonchev–Trinajstić information content (AvgIpc) is 3.27. The number of nitrogens with one attached hydrogen (secondary N) is 2. The highest BCUT2D eigenvalue weighted by Gasteiger charge is 2.38. The Bertz CT molecular complexity index is 1270. The number of amides is 1. The second-order valence-electron chi connectivity index (χ2n) is 8.06. The first-order chi connectivity index (χ1) is 16.1. The molecule has 2 N–H and O–H groups in total. The highest BCUT2D eigenvalue weighted by atomic mass is 32.2. The molecule has 0 fully saturated rings. The fourth-order valence-corrected chi connectivity index (χ4v) is 5.09. The van der Waals surface area contributed by atoms with Gasteiger partial charge in [0.2, 0.25) is 11.1 Å². The van der Waals surface area contributed by atoms with Crippen LogP contribution in [0.1, 0.15) is 29.7 Å². The molecule has 33 heavy (non-hydrogen) atoms. The highest BCUT2D eigenvalue weighted by molar-refractivity contribution is 8.00. The summed E-state index contributed by atoms with van der Waals surface area (Å²) in [5.41, 5.74) is 8.68. The van der Waals surface area contributed by atoms with Crippen LogP contribution in [0.25, 0.3) is 11.4 Å². The Labute approximate surface area is 197 Å². The largest absolute Gasteiger partial charge is 0.325 e. The number of carbonyl (C=O) groups is 1. The van der Waals surface area contributed by atoms with E-state index in [0.29, 0.717) is 5.16 Å². The predicted octanol–water partition coefficient (Wildman–Crippen LogP) is 5.21. The quantitative estimate of drug-likeness (QED) is 0.432. The van der Waals surface area contributed by atoms with Crippen LogP contribution in [0.4, 0.5) is 5.69 Å². The molecule has 0 radical (unpaired) electrons. The van der Waals surface area contributed by atoms with Crippen molar-refractivity contribution in [3.8, 4) is 11.4 Å². The third kappa shape index (κ3) is 4.24. The van der Waals surface area contributed by atoms with E-state index in [9.17, 15) is 4.79 Å². The van der Waals surface area contributed by atoms with Crippen LogP contribution in [-0.4, -0.2) is 26.0 Å². The molecule has 1 aromatic heterocycles. The molecule has 2 atom stereocenters. The molecule has 4 aromatic rings. The molecule has 0 unspecified atom stereocenters. The summed E-state index contributed by atoms with van der Waals surface area (Å²) in [6, 6.07) is 25.9. The van der Waals surface area contributed by atoms with Gasteiger partial charge in [-0.1, -0.05) is 97.0 Å². The minimum atomic E-state index is -0.419. The summed E-state index contributed by atoms with van der Waals surface area (Å²) in [5.74, 6) is 0.667. The molecule has 5 rings (SSSR count). The second kappa shape index (κ2) is 9.11. The van der Waals surface area contributed by atoms with Crippen molar-refractivity contribution < 1.29 is 4.79 Å². The van der Waals surface area contributed by atoms with Gasteiger partial charge in [-0.05, 0) is 30.5 Å². The monoisotopic (exact) mass is 455 g/mol. The summed E-state index contributed by atoms with van der Waals surface area (Å²) in [6.07, 6.45) is 0.850. The van der Waals surface area contributed by atoms with Crippen LogP contribution >= 0.6 is 11.8 Å². The lowest BCUT2D eigenvalue weighted by Gasteiger charge is -2.33. The number of anilines is 1. The number of nitrogens with zero attached hydrogens (tertiary/aromatic N) is 3. The smallest absolute Gasteiger partial charge is 0.240 e. The standard InChI is InChI=1S/C26H25N5OS/c1-3-18-9-7-8-12-21(18)27-25(32)23-22(19-15-13-17(2)14-16-19)30-31-24(28-29-26(31)33-23)20-10-5-4-6-11-20/h4-16,22-23,30H,3H2,1-2H3,(H,27,32)/t22-,23-/m1/s1. The van der Waals surface area contributed by atoms with Gasteiger partial charge >= 0.3 is 0 Å². The maximum atomic E-state index is 13.5. The SMILES string of the molecule is CCc1ccccc1NC(=O)[C@@H]1Sc2nnc(-c3ccccc3)n2N[C@@H]1c1ccc(C)cc1. The Morgan fingerprint density at radius 3 is 2.48 bits per heavy atom. The van der Waals surface area contributed by atoms with Gasteiger partial charge < -0.3 is 10.7 Å². The molecule has 3 aromatic carbocycles. The van der Waals surface area contributed by atoms with Gasteiger partial charge in [0.25, 0.3) is 0 Å². The molecular formula is C26H25N5OS. The van der Waals surface area contributed by atoms with Gasteiger partial charge in [-0.2, -0.15) is 0 Å². The summed E-state index contributed by atoms with van der Waals surface area (Å²) >= 11 is 1.44. The zero-order chi connectivity index (χ0) is 22.8. The van der Waals surface area contributed by atoms with Crippen molar-refractivity contribution >= 4 is 23.4 Å². The molecule has 2 heterocycles. The van der Waals surface area contributed by atoms with Gasteiger partial charge in [-0.15, -0.1) is 10.2 Å². The minimum absolute atomic E-state index is 0.0607. The molecule has 7 heteroatoms. The van der Waals surface area contributed by atoms with E-state index in [-0.39, 0.29) is 11.9 Å². The summed E-state index contributed by atoms with van der Waals surface area (Å²) in [6.45, 7) is 4.15. The van der Waals surface area contributed by atoms with Crippen LogP contribution in [0.2, 0.25) is 0 Å². The number of para-hydroxylation sites is 1. The Morgan fingerprint density at radius 1 is 1.00 bits per heavy atom.